The summed E-state index contributed by atoms with van der Waals surface area (Å²) >= 11 is 0. The van der Waals surface area contributed by atoms with Gasteiger partial charge < -0.3 is 10.8 Å². The van der Waals surface area contributed by atoms with Gasteiger partial charge in [-0.25, -0.2) is 0 Å². The Morgan fingerprint density at radius 3 is 2.82 bits per heavy atom. The van der Waals surface area contributed by atoms with E-state index in [1.54, 1.807) is 0 Å². The number of aryl methyl sites for hydroxylation is 1. The van der Waals surface area contributed by atoms with Gasteiger partial charge in [-0.15, -0.1) is 0 Å². The van der Waals surface area contributed by atoms with Crippen molar-refractivity contribution in [1.29, 1.82) is 0 Å². The van der Waals surface area contributed by atoms with Crippen LogP contribution in [0.4, 0.5) is 0 Å². The van der Waals surface area contributed by atoms with Gasteiger partial charge in [-0.2, -0.15) is 0 Å². The summed E-state index contributed by atoms with van der Waals surface area (Å²) in [5.74, 6) is 0. The molecule has 1 aliphatic heterocycles. The Balaban J connectivity index is 1.94. The van der Waals surface area contributed by atoms with Crippen LogP contribution in [-0.4, -0.2) is 35.7 Å². The Labute approximate surface area is 103 Å². The molecule has 1 atom stereocenters. The van der Waals surface area contributed by atoms with Crippen molar-refractivity contribution >= 4 is 0 Å². The topological polar surface area (TPSA) is 49.5 Å². The fourth-order valence-electron chi connectivity index (χ4n) is 2.41. The van der Waals surface area contributed by atoms with Crippen LogP contribution in [0.3, 0.4) is 0 Å². The van der Waals surface area contributed by atoms with Gasteiger partial charge in [-0.3, -0.25) is 4.90 Å². The molecule has 0 amide bonds. The van der Waals surface area contributed by atoms with Crippen molar-refractivity contribution in [1.82, 2.24) is 4.90 Å². The molecule has 0 radical (unpaired) electrons. The van der Waals surface area contributed by atoms with Crippen molar-refractivity contribution in [3.8, 4) is 0 Å². The highest BCUT2D eigenvalue weighted by Gasteiger charge is 2.14. The fourth-order valence-corrected chi connectivity index (χ4v) is 2.41. The Morgan fingerprint density at radius 1 is 1.29 bits per heavy atom. The molecule has 1 unspecified atom stereocenters. The minimum Gasteiger partial charge on any atom is -0.392 e. The predicted molar refractivity (Wildman–Crippen MR) is 69.7 cm³/mol. The van der Waals surface area contributed by atoms with Crippen LogP contribution in [-0.2, 0) is 13.0 Å². The van der Waals surface area contributed by atoms with E-state index < -0.39 is 0 Å². The molecule has 3 heteroatoms. The highest BCUT2D eigenvalue weighted by atomic mass is 16.3. The first-order chi connectivity index (χ1) is 8.29. The molecular formula is C14H22N2O. The largest absolute Gasteiger partial charge is 0.392 e. The van der Waals surface area contributed by atoms with Gasteiger partial charge in [-0.05, 0) is 36.9 Å². The Bertz CT molecular complexity index is 354. The molecule has 17 heavy (non-hydrogen) atoms. The van der Waals surface area contributed by atoms with E-state index in [-0.39, 0.29) is 6.10 Å². The van der Waals surface area contributed by atoms with Crippen molar-refractivity contribution in [2.24, 2.45) is 5.73 Å². The number of fused-ring (bicyclic) bond motifs is 1. The van der Waals surface area contributed by atoms with Crippen molar-refractivity contribution in [2.75, 3.05) is 19.6 Å². The molecule has 94 valence electrons. The van der Waals surface area contributed by atoms with Crippen molar-refractivity contribution in [3.63, 3.8) is 0 Å². The summed E-state index contributed by atoms with van der Waals surface area (Å²) in [5, 5.41) is 9.50. The van der Waals surface area contributed by atoms with Gasteiger partial charge >= 0.3 is 0 Å². The number of nitrogens with two attached hydrogens (primary N) is 1. The minimum atomic E-state index is -0.353. The van der Waals surface area contributed by atoms with Crippen LogP contribution in [0, 0.1) is 0 Å². The molecule has 3 N–H and O–H groups in total. The summed E-state index contributed by atoms with van der Waals surface area (Å²) in [6, 6.07) is 8.67. The lowest BCUT2D eigenvalue weighted by atomic mass is 10.0. The zero-order valence-electron chi connectivity index (χ0n) is 10.3. The van der Waals surface area contributed by atoms with E-state index in [9.17, 15) is 5.11 Å². The molecular weight excluding hydrogens is 212 g/mol. The summed E-state index contributed by atoms with van der Waals surface area (Å²) in [6.07, 6.45) is 2.80. The number of benzene rings is 1. The maximum absolute atomic E-state index is 9.50. The molecule has 1 aliphatic rings. The fraction of sp³-hybridized carbons (Fsp3) is 0.571. The van der Waals surface area contributed by atoms with Gasteiger partial charge in [0.05, 0.1) is 6.10 Å². The Hall–Kier alpha value is -0.900. The normalized spacial score (nSPS) is 18.5. The first-order valence-electron chi connectivity index (χ1n) is 6.47. The first kappa shape index (κ1) is 12.6. The third-order valence-corrected chi connectivity index (χ3v) is 3.48. The van der Waals surface area contributed by atoms with Gasteiger partial charge in [0.25, 0.3) is 0 Å². The van der Waals surface area contributed by atoms with Crippen molar-refractivity contribution in [2.45, 2.75) is 31.9 Å². The van der Waals surface area contributed by atoms with Crippen LogP contribution in [0.25, 0.3) is 0 Å². The van der Waals surface area contributed by atoms with E-state index in [4.69, 9.17) is 5.73 Å². The molecule has 0 aromatic heterocycles. The Morgan fingerprint density at radius 2 is 2.06 bits per heavy atom. The van der Waals surface area contributed by atoms with Gasteiger partial charge in [0.1, 0.15) is 0 Å². The zero-order valence-corrected chi connectivity index (χ0v) is 10.3. The summed E-state index contributed by atoms with van der Waals surface area (Å²) in [6.45, 7) is 3.43. The molecule has 0 aliphatic carbocycles. The maximum Gasteiger partial charge on any atom is 0.0674 e. The average Bonchev–Trinajstić information content (AvgIpc) is 2.57. The van der Waals surface area contributed by atoms with E-state index in [1.807, 2.05) is 0 Å². The molecule has 0 spiro atoms. The van der Waals surface area contributed by atoms with Gasteiger partial charge in [0.2, 0.25) is 0 Å². The standard InChI is InChI=1S/C14H22N2O/c15-10-14(17)7-9-16-8-3-6-12-4-1-2-5-13(12)11-16/h1-2,4-5,14,17H,3,6-11,15H2. The van der Waals surface area contributed by atoms with E-state index >= 15 is 0 Å². The highest BCUT2D eigenvalue weighted by Crippen LogP contribution is 2.18. The number of hydrogen-bond acceptors (Lipinski definition) is 3. The predicted octanol–water partition coefficient (Wildman–Crippen LogP) is 1.14. The van der Waals surface area contributed by atoms with Crippen LogP contribution < -0.4 is 5.73 Å². The highest BCUT2D eigenvalue weighted by molar-refractivity contribution is 5.27. The monoisotopic (exact) mass is 234 g/mol. The van der Waals surface area contributed by atoms with Crippen molar-refractivity contribution in [3.05, 3.63) is 35.4 Å². The second kappa shape index (κ2) is 6.15. The lowest BCUT2D eigenvalue weighted by molar-refractivity contribution is 0.145. The third kappa shape index (κ3) is 3.53. The molecule has 0 saturated heterocycles. The lowest BCUT2D eigenvalue weighted by Crippen LogP contribution is -2.30. The van der Waals surface area contributed by atoms with Crippen molar-refractivity contribution < 1.29 is 5.11 Å². The molecule has 3 nitrogen and oxygen atoms in total. The van der Waals surface area contributed by atoms with Crippen LogP contribution >= 0.6 is 0 Å². The molecule has 1 heterocycles. The summed E-state index contributed by atoms with van der Waals surface area (Å²) < 4.78 is 0. The quantitative estimate of drug-likeness (QED) is 0.821. The van der Waals surface area contributed by atoms with E-state index in [2.05, 4.69) is 29.2 Å². The molecule has 0 bridgehead atoms. The van der Waals surface area contributed by atoms with Gasteiger partial charge in [-0.1, -0.05) is 24.3 Å². The maximum atomic E-state index is 9.50. The van der Waals surface area contributed by atoms with Crippen LogP contribution in [0.2, 0.25) is 0 Å². The third-order valence-electron chi connectivity index (χ3n) is 3.48. The summed E-state index contributed by atoms with van der Waals surface area (Å²) in [5.41, 5.74) is 8.34. The molecule has 0 saturated carbocycles. The number of hydrogen-bond donors (Lipinski definition) is 2. The molecule has 1 aromatic carbocycles. The van der Waals surface area contributed by atoms with Crippen LogP contribution in [0.15, 0.2) is 24.3 Å². The lowest BCUT2D eigenvalue weighted by Gasteiger charge is -2.21. The second-order valence-electron chi connectivity index (χ2n) is 4.83. The first-order valence-corrected chi connectivity index (χ1v) is 6.47. The number of aliphatic hydroxyl groups is 1. The molecule has 1 aromatic rings. The van der Waals surface area contributed by atoms with Gasteiger partial charge in [0, 0.05) is 19.6 Å². The number of rotatable bonds is 4. The smallest absolute Gasteiger partial charge is 0.0674 e. The zero-order chi connectivity index (χ0) is 12.1. The number of nitrogens with zero attached hydrogens (tertiary/aromatic N) is 1. The van der Waals surface area contributed by atoms with E-state index in [1.165, 1.54) is 24.0 Å². The SMILES string of the molecule is NCC(O)CCN1CCCc2ccccc2C1. The number of aliphatic hydroxyl groups excluding tert-OH is 1. The van der Waals surface area contributed by atoms with Gasteiger partial charge in [0.15, 0.2) is 0 Å². The Kier molecular flexibility index (Phi) is 4.54. The molecule has 2 rings (SSSR count). The van der Waals surface area contributed by atoms with Crippen LogP contribution in [0.5, 0.6) is 0 Å². The summed E-state index contributed by atoms with van der Waals surface area (Å²) in [4.78, 5) is 2.42. The molecule has 0 fully saturated rings. The summed E-state index contributed by atoms with van der Waals surface area (Å²) in [7, 11) is 0. The average molecular weight is 234 g/mol. The van der Waals surface area contributed by atoms with E-state index in [0.29, 0.717) is 6.54 Å². The minimum absolute atomic E-state index is 0.353. The van der Waals surface area contributed by atoms with Crippen LogP contribution in [0.1, 0.15) is 24.0 Å². The van der Waals surface area contributed by atoms with E-state index in [0.717, 1.165) is 26.1 Å². The second-order valence-corrected chi connectivity index (χ2v) is 4.83.